The van der Waals surface area contributed by atoms with Gasteiger partial charge in [0.2, 0.25) is 0 Å². The summed E-state index contributed by atoms with van der Waals surface area (Å²) >= 11 is 7.11. The summed E-state index contributed by atoms with van der Waals surface area (Å²) in [6, 6.07) is 0. The van der Waals surface area contributed by atoms with Gasteiger partial charge in [-0.25, -0.2) is 0 Å². The highest BCUT2D eigenvalue weighted by Gasteiger charge is 2.22. The van der Waals surface area contributed by atoms with Crippen molar-refractivity contribution in [1.29, 1.82) is 0 Å². The van der Waals surface area contributed by atoms with Gasteiger partial charge >= 0.3 is 0 Å². The molecule has 2 aromatic heterocycles. The molecule has 0 unspecified atom stereocenters. The fourth-order valence-corrected chi connectivity index (χ4v) is 5.03. The van der Waals surface area contributed by atoms with Gasteiger partial charge in [0.05, 0.1) is 18.0 Å². The first-order chi connectivity index (χ1) is 10.2. The van der Waals surface area contributed by atoms with Crippen LogP contribution in [0.1, 0.15) is 36.1 Å². The van der Waals surface area contributed by atoms with Crippen LogP contribution in [0, 0.1) is 4.77 Å². The Morgan fingerprint density at radius 1 is 1.33 bits per heavy atom. The van der Waals surface area contributed by atoms with E-state index < -0.39 is 0 Å². The molecule has 0 saturated carbocycles. The van der Waals surface area contributed by atoms with Crippen molar-refractivity contribution in [2.45, 2.75) is 51.2 Å². The number of thiophene rings is 1. The van der Waals surface area contributed by atoms with Crippen molar-refractivity contribution < 1.29 is 4.74 Å². The largest absolute Gasteiger partial charge is 0.376 e. The van der Waals surface area contributed by atoms with Crippen molar-refractivity contribution >= 4 is 33.8 Å². The molecule has 1 saturated heterocycles. The minimum atomic E-state index is 0.0728. The Balaban J connectivity index is 1.87. The molecule has 1 N–H and O–H groups in total. The number of fused-ring (bicyclic) bond motifs is 3. The lowest BCUT2D eigenvalue weighted by Crippen LogP contribution is -2.28. The first kappa shape index (κ1) is 13.7. The average molecular weight is 322 g/mol. The van der Waals surface area contributed by atoms with Gasteiger partial charge in [0.25, 0.3) is 5.56 Å². The molecule has 2 aliphatic rings. The molecule has 1 atom stereocenters. The smallest absolute Gasteiger partial charge is 0.263 e. The lowest BCUT2D eigenvalue weighted by atomic mass is 9.97. The first-order valence-corrected chi connectivity index (χ1v) is 8.85. The minimum Gasteiger partial charge on any atom is -0.376 e. The Morgan fingerprint density at radius 2 is 2.19 bits per heavy atom. The molecule has 4 nitrogen and oxygen atoms in total. The van der Waals surface area contributed by atoms with Crippen LogP contribution in [0.2, 0.25) is 0 Å². The van der Waals surface area contributed by atoms with Crippen LogP contribution in [-0.2, 0) is 24.1 Å². The third-order valence-corrected chi connectivity index (χ3v) is 6.04. The number of aromatic amines is 1. The fraction of sp³-hybridized carbons (Fsp3) is 0.600. The summed E-state index contributed by atoms with van der Waals surface area (Å²) in [5, 5.41) is 0.876. The maximum atomic E-state index is 12.9. The maximum absolute atomic E-state index is 12.9. The predicted octanol–water partition coefficient (Wildman–Crippen LogP) is 3.18. The molecule has 3 heterocycles. The highest BCUT2D eigenvalue weighted by Crippen LogP contribution is 2.33. The Morgan fingerprint density at radius 3 is 3.00 bits per heavy atom. The highest BCUT2D eigenvalue weighted by atomic mass is 32.1. The summed E-state index contributed by atoms with van der Waals surface area (Å²) in [5.41, 5.74) is 1.34. The second kappa shape index (κ2) is 5.34. The van der Waals surface area contributed by atoms with E-state index in [0.717, 1.165) is 42.5 Å². The summed E-state index contributed by atoms with van der Waals surface area (Å²) in [7, 11) is 0. The summed E-state index contributed by atoms with van der Waals surface area (Å²) in [5.74, 6) is 0. The zero-order valence-electron chi connectivity index (χ0n) is 11.8. The van der Waals surface area contributed by atoms with Crippen molar-refractivity contribution in [1.82, 2.24) is 9.55 Å². The second-order valence-electron chi connectivity index (χ2n) is 5.90. The van der Waals surface area contributed by atoms with Crippen molar-refractivity contribution in [2.24, 2.45) is 0 Å². The van der Waals surface area contributed by atoms with Gasteiger partial charge in [0, 0.05) is 11.5 Å². The van der Waals surface area contributed by atoms with Crippen molar-refractivity contribution in [2.75, 3.05) is 6.61 Å². The number of hydrogen-bond acceptors (Lipinski definition) is 4. The number of aromatic nitrogens is 2. The van der Waals surface area contributed by atoms with E-state index in [4.69, 9.17) is 17.0 Å². The molecule has 0 radical (unpaired) electrons. The zero-order valence-corrected chi connectivity index (χ0v) is 13.4. The quantitative estimate of drug-likeness (QED) is 0.864. The molecular formula is C15H18N2O2S2. The summed E-state index contributed by atoms with van der Waals surface area (Å²) in [6.45, 7) is 1.38. The van der Waals surface area contributed by atoms with Crippen molar-refractivity contribution in [3.63, 3.8) is 0 Å². The average Bonchev–Trinajstić information content (AvgIpc) is 3.10. The molecule has 4 rings (SSSR count). The van der Waals surface area contributed by atoms with Gasteiger partial charge in [-0.2, -0.15) is 0 Å². The predicted molar refractivity (Wildman–Crippen MR) is 86.9 cm³/mol. The third kappa shape index (κ3) is 2.29. The van der Waals surface area contributed by atoms with E-state index in [2.05, 4.69) is 4.98 Å². The standard InChI is InChI=1S/C15H18N2O2S2/c18-14-12-10-5-1-2-6-11(10)21-13(12)16-15(20)17(14)8-9-4-3-7-19-9/h9H,1-8H2,(H,16,20)/t9-/m0/s1. The van der Waals surface area contributed by atoms with Crippen molar-refractivity contribution in [3.8, 4) is 0 Å². The molecule has 1 aliphatic carbocycles. The molecule has 6 heteroatoms. The lowest BCUT2D eigenvalue weighted by molar-refractivity contribution is 0.0957. The molecule has 0 spiro atoms. The summed E-state index contributed by atoms with van der Waals surface area (Å²) < 4.78 is 7.89. The van der Waals surface area contributed by atoms with Gasteiger partial charge in [-0.3, -0.25) is 9.36 Å². The van der Waals surface area contributed by atoms with Crippen LogP contribution in [-0.4, -0.2) is 22.3 Å². The van der Waals surface area contributed by atoms with Gasteiger partial charge in [-0.15, -0.1) is 11.3 Å². The van der Waals surface area contributed by atoms with Gasteiger partial charge in [-0.1, -0.05) is 0 Å². The van der Waals surface area contributed by atoms with E-state index in [0.29, 0.717) is 11.3 Å². The topological polar surface area (TPSA) is 47.0 Å². The molecule has 112 valence electrons. The van der Waals surface area contributed by atoms with E-state index in [1.165, 1.54) is 23.3 Å². The number of aryl methyl sites for hydroxylation is 2. The molecular weight excluding hydrogens is 304 g/mol. The van der Waals surface area contributed by atoms with Gasteiger partial charge < -0.3 is 9.72 Å². The molecule has 1 fully saturated rings. The van der Waals surface area contributed by atoms with Crippen LogP contribution in [0.4, 0.5) is 0 Å². The number of hydrogen-bond donors (Lipinski definition) is 1. The normalized spacial score (nSPS) is 21.8. The first-order valence-electron chi connectivity index (χ1n) is 7.63. The molecule has 21 heavy (non-hydrogen) atoms. The fourth-order valence-electron chi connectivity index (χ4n) is 3.43. The monoisotopic (exact) mass is 322 g/mol. The Bertz CT molecular complexity index is 796. The second-order valence-corrected chi connectivity index (χ2v) is 7.39. The van der Waals surface area contributed by atoms with E-state index in [1.54, 1.807) is 15.9 Å². The molecule has 0 amide bonds. The van der Waals surface area contributed by atoms with Crippen LogP contribution in [0.3, 0.4) is 0 Å². The van der Waals surface area contributed by atoms with E-state index >= 15 is 0 Å². The van der Waals surface area contributed by atoms with E-state index in [1.807, 2.05) is 0 Å². The van der Waals surface area contributed by atoms with Crippen LogP contribution < -0.4 is 5.56 Å². The van der Waals surface area contributed by atoms with Crippen LogP contribution in [0.15, 0.2) is 4.79 Å². The number of nitrogens with one attached hydrogen (secondary N) is 1. The zero-order chi connectivity index (χ0) is 14.4. The summed E-state index contributed by atoms with van der Waals surface area (Å²) in [6.07, 6.45) is 6.75. The third-order valence-electron chi connectivity index (χ3n) is 4.51. The van der Waals surface area contributed by atoms with Crippen LogP contribution in [0.25, 0.3) is 10.2 Å². The minimum absolute atomic E-state index is 0.0728. The number of rotatable bonds is 2. The van der Waals surface area contributed by atoms with Crippen molar-refractivity contribution in [3.05, 3.63) is 25.6 Å². The van der Waals surface area contributed by atoms with Gasteiger partial charge in [0.15, 0.2) is 4.77 Å². The Labute approximate surface area is 131 Å². The van der Waals surface area contributed by atoms with E-state index in [-0.39, 0.29) is 11.7 Å². The van der Waals surface area contributed by atoms with E-state index in [9.17, 15) is 4.79 Å². The summed E-state index contributed by atoms with van der Waals surface area (Å²) in [4.78, 5) is 18.5. The molecule has 1 aliphatic heterocycles. The number of nitrogens with zero attached hydrogens (tertiary/aromatic N) is 1. The Kier molecular flexibility index (Phi) is 3.47. The highest BCUT2D eigenvalue weighted by molar-refractivity contribution is 7.71. The SMILES string of the molecule is O=c1c2c3c(sc2[nH]c(=S)n1C[C@@H]1CCCO1)CCCC3. The lowest BCUT2D eigenvalue weighted by Gasteiger charge is -2.13. The Hall–Kier alpha value is -0.980. The number of H-pyrrole nitrogens is 1. The van der Waals surface area contributed by atoms with Crippen LogP contribution >= 0.6 is 23.6 Å². The maximum Gasteiger partial charge on any atom is 0.263 e. The van der Waals surface area contributed by atoms with Crippen LogP contribution in [0.5, 0.6) is 0 Å². The van der Waals surface area contributed by atoms with Gasteiger partial charge in [0.1, 0.15) is 4.83 Å². The number of ether oxygens (including phenoxy) is 1. The molecule has 0 aromatic carbocycles. The van der Waals surface area contributed by atoms with Gasteiger partial charge in [-0.05, 0) is 56.3 Å². The molecule has 0 bridgehead atoms. The molecule has 2 aromatic rings.